The topological polar surface area (TPSA) is 135 Å². The van der Waals surface area contributed by atoms with Gasteiger partial charge in [0.05, 0.1) is 13.3 Å². The highest BCUT2D eigenvalue weighted by Gasteiger charge is 2.20. The Labute approximate surface area is 235 Å². The second kappa shape index (κ2) is 15.0. The van der Waals surface area contributed by atoms with Gasteiger partial charge >= 0.3 is 12.0 Å². The molecule has 1 atom stereocenters. The summed E-state index contributed by atoms with van der Waals surface area (Å²) in [4.78, 5) is 31.5. The number of aromatic nitrogens is 4. The van der Waals surface area contributed by atoms with Gasteiger partial charge in [-0.3, -0.25) is 9.88 Å². The van der Waals surface area contributed by atoms with Gasteiger partial charge in [0.1, 0.15) is 30.0 Å². The molecule has 4 heterocycles. The van der Waals surface area contributed by atoms with Crippen LogP contribution in [0.5, 0.6) is 11.8 Å². The molecule has 0 spiro atoms. The molecule has 3 N–H and O–H groups in total. The monoisotopic (exact) mass is 549 g/mol. The van der Waals surface area contributed by atoms with Crippen molar-refractivity contribution in [1.29, 1.82) is 0 Å². The lowest BCUT2D eigenvalue weighted by atomic mass is 10.1. The van der Waals surface area contributed by atoms with Gasteiger partial charge in [0, 0.05) is 37.2 Å². The summed E-state index contributed by atoms with van der Waals surface area (Å²) in [5.74, 6) is 1.22. The van der Waals surface area contributed by atoms with Crippen molar-refractivity contribution < 1.29 is 19.4 Å². The fourth-order valence-electron chi connectivity index (χ4n) is 4.58. The number of methoxy groups -OCH3 is 1. The number of pyridine rings is 2. The van der Waals surface area contributed by atoms with Crippen LogP contribution in [0.4, 0.5) is 11.6 Å². The Bertz CT molecular complexity index is 1230. The molecule has 1 unspecified atom stereocenters. The number of anilines is 2. The normalized spacial score (nSPS) is 13.3. The van der Waals surface area contributed by atoms with E-state index in [4.69, 9.17) is 14.5 Å². The molecule has 1 aliphatic rings. The number of carboxylic acid groups (broad SMARTS) is 1. The number of nitrogens with zero attached hydrogens (tertiary/aromatic N) is 5. The second-order valence-electron chi connectivity index (χ2n) is 9.88. The van der Waals surface area contributed by atoms with Gasteiger partial charge in [0.2, 0.25) is 0 Å². The van der Waals surface area contributed by atoms with Crippen LogP contribution in [0.1, 0.15) is 42.6 Å². The van der Waals surface area contributed by atoms with E-state index in [1.54, 1.807) is 12.3 Å². The maximum absolute atomic E-state index is 12.0. The van der Waals surface area contributed by atoms with Crippen molar-refractivity contribution in [3.05, 3.63) is 59.7 Å². The zero-order valence-electron chi connectivity index (χ0n) is 23.3. The molecular weight excluding hydrogens is 510 g/mol. The zero-order valence-corrected chi connectivity index (χ0v) is 23.3. The second-order valence-corrected chi connectivity index (χ2v) is 9.88. The number of ether oxygens (including phenoxy) is 2. The molecule has 0 aliphatic carbocycles. The number of unbranched alkanes of at least 4 members (excludes halogenated alkanes) is 1. The lowest BCUT2D eigenvalue weighted by Gasteiger charge is -2.24. The summed E-state index contributed by atoms with van der Waals surface area (Å²) < 4.78 is 11.0. The van der Waals surface area contributed by atoms with E-state index in [0.29, 0.717) is 31.9 Å². The first-order chi connectivity index (χ1) is 19.5. The fraction of sp³-hybridized carbons (Fsp3) is 0.483. The van der Waals surface area contributed by atoms with Gasteiger partial charge in [0.25, 0.3) is 0 Å². The Kier molecular flexibility index (Phi) is 10.9. The molecular formula is C29H39N7O4. The molecule has 0 fully saturated rings. The van der Waals surface area contributed by atoms with Crippen molar-refractivity contribution in [3.8, 4) is 11.8 Å². The van der Waals surface area contributed by atoms with E-state index in [1.807, 2.05) is 19.1 Å². The first-order valence-electron chi connectivity index (χ1n) is 13.9. The SMILES string of the molecule is COc1nccc(NC(CCN(CCCCc2ccc3c(n2)NCCC3)CCOc2ccc(C)nc2)C(=O)O)n1. The molecule has 11 heteroatoms. The van der Waals surface area contributed by atoms with Crippen LogP contribution >= 0.6 is 0 Å². The Hall–Kier alpha value is -3.99. The summed E-state index contributed by atoms with van der Waals surface area (Å²) >= 11 is 0. The molecule has 0 aromatic carbocycles. The maximum Gasteiger partial charge on any atom is 0.326 e. The lowest BCUT2D eigenvalue weighted by Crippen LogP contribution is -2.37. The number of aliphatic carboxylic acids is 1. The van der Waals surface area contributed by atoms with E-state index in [-0.39, 0.29) is 6.01 Å². The quantitative estimate of drug-likeness (QED) is 0.226. The molecule has 0 bridgehead atoms. The Morgan fingerprint density at radius 2 is 2.02 bits per heavy atom. The summed E-state index contributed by atoms with van der Waals surface area (Å²) in [6.45, 7) is 5.48. The Morgan fingerprint density at radius 1 is 1.12 bits per heavy atom. The number of carbonyl (C=O) groups is 1. The summed E-state index contributed by atoms with van der Waals surface area (Å²) in [5, 5.41) is 16.2. The number of hydrogen-bond acceptors (Lipinski definition) is 10. The molecule has 3 aromatic rings. The van der Waals surface area contributed by atoms with Crippen LogP contribution in [0.3, 0.4) is 0 Å². The van der Waals surface area contributed by atoms with Crippen molar-refractivity contribution in [1.82, 2.24) is 24.8 Å². The van der Waals surface area contributed by atoms with Crippen LogP contribution < -0.4 is 20.1 Å². The van der Waals surface area contributed by atoms with Crippen LogP contribution in [0.15, 0.2) is 42.7 Å². The van der Waals surface area contributed by atoms with Crippen LogP contribution in [-0.2, 0) is 17.6 Å². The van der Waals surface area contributed by atoms with Gasteiger partial charge in [-0.05, 0) is 81.8 Å². The first-order valence-corrected chi connectivity index (χ1v) is 13.9. The molecule has 4 rings (SSSR count). The van der Waals surface area contributed by atoms with E-state index >= 15 is 0 Å². The van der Waals surface area contributed by atoms with Crippen molar-refractivity contribution in [2.24, 2.45) is 0 Å². The van der Waals surface area contributed by atoms with Gasteiger partial charge in [-0.25, -0.2) is 14.8 Å². The number of nitrogens with one attached hydrogen (secondary N) is 2. The number of carboxylic acids is 1. The van der Waals surface area contributed by atoms with Crippen LogP contribution in [0, 0.1) is 6.92 Å². The molecule has 0 saturated carbocycles. The average molecular weight is 550 g/mol. The summed E-state index contributed by atoms with van der Waals surface area (Å²) in [5.41, 5.74) is 3.34. The number of hydrogen-bond donors (Lipinski definition) is 3. The smallest absolute Gasteiger partial charge is 0.326 e. The molecule has 0 saturated heterocycles. The molecule has 3 aromatic heterocycles. The Balaban J connectivity index is 1.31. The average Bonchev–Trinajstić information content (AvgIpc) is 2.97. The lowest BCUT2D eigenvalue weighted by molar-refractivity contribution is -0.138. The van der Waals surface area contributed by atoms with Crippen molar-refractivity contribution in [2.75, 3.05) is 50.5 Å². The van der Waals surface area contributed by atoms with Gasteiger partial charge in [-0.15, -0.1) is 0 Å². The van der Waals surface area contributed by atoms with Crippen molar-refractivity contribution >= 4 is 17.6 Å². The highest BCUT2D eigenvalue weighted by molar-refractivity contribution is 5.76. The van der Waals surface area contributed by atoms with Gasteiger partial charge < -0.3 is 25.2 Å². The first kappa shape index (κ1) is 29.0. The minimum atomic E-state index is -0.938. The largest absolute Gasteiger partial charge is 0.491 e. The van der Waals surface area contributed by atoms with E-state index in [2.05, 4.69) is 42.6 Å². The van der Waals surface area contributed by atoms with Crippen molar-refractivity contribution in [3.63, 3.8) is 0 Å². The van der Waals surface area contributed by atoms with Crippen molar-refractivity contribution in [2.45, 2.75) is 51.5 Å². The number of rotatable bonds is 16. The fourth-order valence-corrected chi connectivity index (χ4v) is 4.58. The molecule has 0 radical (unpaired) electrons. The molecule has 214 valence electrons. The summed E-state index contributed by atoms with van der Waals surface area (Å²) in [6, 6.07) is 9.16. The molecule has 0 amide bonds. The van der Waals surface area contributed by atoms with Gasteiger partial charge in [-0.2, -0.15) is 4.98 Å². The maximum atomic E-state index is 12.0. The highest BCUT2D eigenvalue weighted by atomic mass is 16.5. The van der Waals surface area contributed by atoms with E-state index < -0.39 is 12.0 Å². The molecule has 11 nitrogen and oxygen atoms in total. The zero-order chi connectivity index (χ0) is 28.2. The number of aryl methyl sites for hydroxylation is 3. The van der Waals surface area contributed by atoms with E-state index in [0.717, 1.165) is 68.1 Å². The highest BCUT2D eigenvalue weighted by Crippen LogP contribution is 2.20. The minimum Gasteiger partial charge on any atom is -0.491 e. The predicted molar refractivity (Wildman–Crippen MR) is 153 cm³/mol. The van der Waals surface area contributed by atoms with Crippen LogP contribution in [-0.4, -0.2) is 81.8 Å². The van der Waals surface area contributed by atoms with Crippen LogP contribution in [0.25, 0.3) is 0 Å². The standard InChI is InChI=1S/C29H39N7O4/c1-21-8-11-24(20-32-21)40-19-18-36(16-4-3-7-23-10-9-22-6-5-14-30-27(22)33-23)17-13-25(28(37)38)34-26-12-15-31-29(35-26)39-2/h8-12,15,20,25H,3-7,13-14,16-19H2,1-2H3,(H,30,33)(H,37,38)(H,31,34,35). The van der Waals surface area contributed by atoms with Gasteiger partial charge in [-0.1, -0.05) is 6.07 Å². The van der Waals surface area contributed by atoms with E-state index in [1.165, 1.54) is 18.9 Å². The molecule has 40 heavy (non-hydrogen) atoms. The summed E-state index contributed by atoms with van der Waals surface area (Å²) in [6.07, 6.45) is 8.75. The Morgan fingerprint density at radius 3 is 2.83 bits per heavy atom. The third-order valence-electron chi connectivity index (χ3n) is 6.84. The summed E-state index contributed by atoms with van der Waals surface area (Å²) in [7, 11) is 1.47. The number of fused-ring (bicyclic) bond motifs is 1. The van der Waals surface area contributed by atoms with Gasteiger partial charge in [0.15, 0.2) is 0 Å². The molecule has 1 aliphatic heterocycles. The third-order valence-corrected chi connectivity index (χ3v) is 6.84. The third kappa shape index (κ3) is 9.04. The van der Waals surface area contributed by atoms with E-state index in [9.17, 15) is 9.90 Å². The minimum absolute atomic E-state index is 0.183. The predicted octanol–water partition coefficient (Wildman–Crippen LogP) is 3.60. The van der Waals surface area contributed by atoms with Crippen LogP contribution in [0.2, 0.25) is 0 Å².